The number of amides is 1. The summed E-state index contributed by atoms with van der Waals surface area (Å²) < 4.78 is 5.81. The lowest BCUT2D eigenvalue weighted by molar-refractivity contribution is -0.133. The molecule has 0 aromatic heterocycles. The van der Waals surface area contributed by atoms with Crippen LogP contribution in [0.3, 0.4) is 0 Å². The minimum Gasteiger partial charge on any atom is -0.474 e. The van der Waals surface area contributed by atoms with E-state index in [0.29, 0.717) is 35.7 Å². The molecular weight excluding hydrogens is 328 g/mol. The molecule has 124 valence electrons. The first-order valence-corrected chi connectivity index (χ1v) is 8.32. The van der Waals surface area contributed by atoms with Crippen LogP contribution in [-0.4, -0.2) is 35.7 Å². The van der Waals surface area contributed by atoms with E-state index in [1.54, 1.807) is 23.1 Å². The van der Waals surface area contributed by atoms with Crippen molar-refractivity contribution in [2.45, 2.75) is 44.0 Å². The summed E-state index contributed by atoms with van der Waals surface area (Å²) in [5.41, 5.74) is 0.469. The van der Waals surface area contributed by atoms with Crippen LogP contribution in [0.4, 0.5) is 0 Å². The average Bonchev–Trinajstić information content (AvgIpc) is 3.25. The standard InChI is InChI=1S/C17H17ClN4O2/c18-13-8-11(9-19)3-5-15(13)24-16-6-4-14(21-16)17(23)22-7-1-2-12(22)10-20/h3,5,8,12,14,16,21H,1-2,4,6-7H2/t12-,14-,16?/m0/s1. The molecule has 3 rings (SSSR count). The summed E-state index contributed by atoms with van der Waals surface area (Å²) in [6.07, 6.45) is 2.64. The third kappa shape index (κ3) is 3.31. The number of halogens is 1. The van der Waals surface area contributed by atoms with Crippen molar-refractivity contribution < 1.29 is 9.53 Å². The Bertz CT molecular complexity index is 724. The van der Waals surface area contributed by atoms with Gasteiger partial charge in [-0.2, -0.15) is 10.5 Å². The van der Waals surface area contributed by atoms with Crippen LogP contribution in [0, 0.1) is 22.7 Å². The Hall–Kier alpha value is -2.28. The van der Waals surface area contributed by atoms with Gasteiger partial charge in [0.2, 0.25) is 5.91 Å². The monoisotopic (exact) mass is 344 g/mol. The quantitative estimate of drug-likeness (QED) is 0.907. The van der Waals surface area contributed by atoms with E-state index >= 15 is 0 Å². The van der Waals surface area contributed by atoms with Crippen LogP contribution in [0.25, 0.3) is 0 Å². The number of carbonyl (C=O) groups is 1. The third-order valence-electron chi connectivity index (χ3n) is 4.42. The van der Waals surface area contributed by atoms with Crippen molar-refractivity contribution in [3.63, 3.8) is 0 Å². The molecule has 6 nitrogen and oxygen atoms in total. The Morgan fingerprint density at radius 3 is 2.88 bits per heavy atom. The summed E-state index contributed by atoms with van der Waals surface area (Å²) in [5.74, 6) is 0.452. The van der Waals surface area contributed by atoms with Crippen LogP contribution in [0.5, 0.6) is 5.75 Å². The maximum Gasteiger partial charge on any atom is 0.240 e. The predicted molar refractivity (Wildman–Crippen MR) is 87.1 cm³/mol. The zero-order chi connectivity index (χ0) is 17.1. The lowest BCUT2D eigenvalue weighted by Crippen LogP contribution is -2.47. The zero-order valence-electron chi connectivity index (χ0n) is 13.0. The Kier molecular flexibility index (Phi) is 4.89. The number of hydrogen-bond donors (Lipinski definition) is 1. The van der Waals surface area contributed by atoms with Crippen molar-refractivity contribution in [2.24, 2.45) is 0 Å². The highest BCUT2D eigenvalue weighted by atomic mass is 35.5. The number of nitrogens with zero attached hydrogens (tertiary/aromatic N) is 3. The van der Waals surface area contributed by atoms with Crippen LogP contribution in [0.1, 0.15) is 31.2 Å². The third-order valence-corrected chi connectivity index (χ3v) is 4.71. The van der Waals surface area contributed by atoms with Crippen molar-refractivity contribution in [3.05, 3.63) is 28.8 Å². The van der Waals surface area contributed by atoms with Crippen LogP contribution >= 0.6 is 11.6 Å². The molecule has 1 aromatic carbocycles. The van der Waals surface area contributed by atoms with Gasteiger partial charge in [-0.15, -0.1) is 0 Å². The lowest BCUT2D eigenvalue weighted by Gasteiger charge is -2.24. The lowest BCUT2D eigenvalue weighted by atomic mass is 10.2. The summed E-state index contributed by atoms with van der Waals surface area (Å²) in [4.78, 5) is 14.2. The van der Waals surface area contributed by atoms with E-state index in [4.69, 9.17) is 26.9 Å². The molecule has 2 aliphatic heterocycles. The van der Waals surface area contributed by atoms with Gasteiger partial charge in [0.05, 0.1) is 28.8 Å². The number of benzene rings is 1. The van der Waals surface area contributed by atoms with Gasteiger partial charge in [-0.05, 0) is 37.5 Å². The molecule has 1 unspecified atom stereocenters. The molecule has 0 aliphatic carbocycles. The van der Waals surface area contributed by atoms with E-state index in [1.807, 2.05) is 6.07 Å². The molecule has 2 saturated heterocycles. The highest BCUT2D eigenvalue weighted by molar-refractivity contribution is 6.32. The van der Waals surface area contributed by atoms with Gasteiger partial charge >= 0.3 is 0 Å². The highest BCUT2D eigenvalue weighted by Crippen LogP contribution is 2.28. The molecule has 2 aliphatic rings. The smallest absolute Gasteiger partial charge is 0.240 e. The van der Waals surface area contributed by atoms with Crippen molar-refractivity contribution in [1.29, 1.82) is 10.5 Å². The molecule has 0 radical (unpaired) electrons. The Morgan fingerprint density at radius 1 is 1.33 bits per heavy atom. The second kappa shape index (κ2) is 7.09. The van der Waals surface area contributed by atoms with Gasteiger partial charge in [-0.3, -0.25) is 10.1 Å². The summed E-state index contributed by atoms with van der Waals surface area (Å²) in [5, 5.41) is 21.5. The van der Waals surface area contributed by atoms with Gasteiger partial charge in [-0.25, -0.2) is 0 Å². The van der Waals surface area contributed by atoms with E-state index in [0.717, 1.165) is 12.8 Å². The fourth-order valence-electron chi connectivity index (χ4n) is 3.18. The number of ether oxygens (including phenoxy) is 1. The van der Waals surface area contributed by atoms with E-state index in [9.17, 15) is 4.79 Å². The summed E-state index contributed by atoms with van der Waals surface area (Å²) in [7, 11) is 0. The normalized spacial score (nSPS) is 26.0. The molecular formula is C17H17ClN4O2. The Morgan fingerprint density at radius 2 is 2.17 bits per heavy atom. The molecule has 0 spiro atoms. The number of hydrogen-bond acceptors (Lipinski definition) is 5. The van der Waals surface area contributed by atoms with Crippen LogP contribution < -0.4 is 10.1 Å². The van der Waals surface area contributed by atoms with Crippen LogP contribution in [0.15, 0.2) is 18.2 Å². The van der Waals surface area contributed by atoms with Crippen LogP contribution in [0.2, 0.25) is 5.02 Å². The van der Waals surface area contributed by atoms with Gasteiger partial charge in [0, 0.05) is 13.0 Å². The number of rotatable bonds is 3. The summed E-state index contributed by atoms with van der Waals surface area (Å²) in [6, 6.07) is 8.41. The molecule has 7 heteroatoms. The van der Waals surface area contributed by atoms with Crippen molar-refractivity contribution in [2.75, 3.05) is 6.54 Å². The fraction of sp³-hybridized carbons (Fsp3) is 0.471. The topological polar surface area (TPSA) is 89.2 Å². The van der Waals surface area contributed by atoms with Crippen molar-refractivity contribution in [1.82, 2.24) is 10.2 Å². The first-order valence-electron chi connectivity index (χ1n) is 7.95. The van der Waals surface area contributed by atoms with E-state index in [2.05, 4.69) is 11.4 Å². The van der Waals surface area contributed by atoms with Crippen LogP contribution in [-0.2, 0) is 4.79 Å². The second-order valence-electron chi connectivity index (χ2n) is 5.98. The largest absolute Gasteiger partial charge is 0.474 e. The van der Waals surface area contributed by atoms with Gasteiger partial charge in [-0.1, -0.05) is 11.6 Å². The number of carbonyl (C=O) groups excluding carboxylic acids is 1. The molecule has 24 heavy (non-hydrogen) atoms. The number of likely N-dealkylation sites (tertiary alicyclic amines) is 1. The number of nitrogens with one attached hydrogen (secondary N) is 1. The van der Waals surface area contributed by atoms with E-state index in [1.165, 1.54) is 0 Å². The maximum absolute atomic E-state index is 12.6. The van der Waals surface area contributed by atoms with Gasteiger partial charge in [0.15, 0.2) is 6.23 Å². The van der Waals surface area contributed by atoms with Gasteiger partial charge in [0.25, 0.3) is 0 Å². The fourth-order valence-corrected chi connectivity index (χ4v) is 3.41. The molecule has 1 amide bonds. The molecule has 1 N–H and O–H groups in total. The average molecular weight is 345 g/mol. The highest BCUT2D eigenvalue weighted by Gasteiger charge is 2.37. The van der Waals surface area contributed by atoms with Crippen molar-refractivity contribution >= 4 is 17.5 Å². The SMILES string of the molecule is N#Cc1ccc(OC2CC[C@@H](C(=O)N3CCC[C@H]3C#N)N2)c(Cl)c1. The first kappa shape index (κ1) is 16.6. The Balaban J connectivity index is 1.61. The number of nitriles is 2. The predicted octanol–water partition coefficient (Wildman–Crippen LogP) is 2.18. The molecule has 1 aromatic rings. The minimum absolute atomic E-state index is 0.0314. The maximum atomic E-state index is 12.6. The molecule has 0 saturated carbocycles. The van der Waals surface area contributed by atoms with Crippen molar-refractivity contribution in [3.8, 4) is 17.9 Å². The van der Waals surface area contributed by atoms with Gasteiger partial charge < -0.3 is 9.64 Å². The zero-order valence-corrected chi connectivity index (χ0v) is 13.8. The second-order valence-corrected chi connectivity index (χ2v) is 6.39. The summed E-state index contributed by atoms with van der Waals surface area (Å²) in [6.45, 7) is 0.641. The first-order chi connectivity index (χ1) is 11.6. The molecule has 2 fully saturated rings. The molecule has 0 bridgehead atoms. The summed E-state index contributed by atoms with van der Waals surface area (Å²) >= 11 is 6.11. The van der Waals surface area contributed by atoms with E-state index < -0.39 is 0 Å². The van der Waals surface area contributed by atoms with Gasteiger partial charge in [0.1, 0.15) is 11.8 Å². The molecule has 2 heterocycles. The minimum atomic E-state index is -0.332. The Labute approximate surface area is 145 Å². The molecule has 3 atom stereocenters. The van der Waals surface area contributed by atoms with E-state index in [-0.39, 0.29) is 24.2 Å².